The zero-order valence-electron chi connectivity index (χ0n) is 12.3. The fourth-order valence-corrected chi connectivity index (χ4v) is 2.40. The molecule has 0 spiro atoms. The number of aliphatic hydroxyl groups excluding tert-OH is 1. The van der Waals surface area contributed by atoms with E-state index in [1.807, 2.05) is 31.3 Å². The second-order valence-electron chi connectivity index (χ2n) is 6.10. The fourth-order valence-electron chi connectivity index (χ4n) is 2.40. The molecule has 1 aromatic rings. The van der Waals surface area contributed by atoms with Crippen LogP contribution in [-0.2, 0) is 11.3 Å². The maximum absolute atomic E-state index is 12.2. The molecule has 1 unspecified atom stereocenters. The SMILES string of the molecule is CN(Cc1cccc(C#CCO)c1)C(=O)C1CC1(C)C. The number of nitrogens with zero attached hydrogens (tertiary/aromatic N) is 1. The topological polar surface area (TPSA) is 40.5 Å². The van der Waals surface area contributed by atoms with Crippen molar-refractivity contribution >= 4 is 5.91 Å². The molecular weight excluding hydrogens is 250 g/mol. The molecule has 0 bridgehead atoms. The van der Waals surface area contributed by atoms with Crippen LogP contribution in [0, 0.1) is 23.2 Å². The Morgan fingerprint density at radius 3 is 2.80 bits per heavy atom. The molecule has 20 heavy (non-hydrogen) atoms. The van der Waals surface area contributed by atoms with Crippen molar-refractivity contribution in [1.29, 1.82) is 0 Å². The molecule has 0 aromatic heterocycles. The molecule has 0 heterocycles. The van der Waals surface area contributed by atoms with Crippen molar-refractivity contribution in [3.8, 4) is 11.8 Å². The number of amides is 1. The van der Waals surface area contributed by atoms with Crippen LogP contribution < -0.4 is 0 Å². The summed E-state index contributed by atoms with van der Waals surface area (Å²) < 4.78 is 0. The molecule has 1 aromatic carbocycles. The smallest absolute Gasteiger partial charge is 0.226 e. The first kappa shape index (κ1) is 14.6. The molecule has 106 valence electrons. The monoisotopic (exact) mass is 271 g/mol. The van der Waals surface area contributed by atoms with Crippen LogP contribution in [0.4, 0.5) is 0 Å². The van der Waals surface area contributed by atoms with Gasteiger partial charge in [0.2, 0.25) is 5.91 Å². The largest absolute Gasteiger partial charge is 0.384 e. The first-order valence-corrected chi connectivity index (χ1v) is 6.88. The van der Waals surface area contributed by atoms with Crippen molar-refractivity contribution in [1.82, 2.24) is 4.90 Å². The molecule has 1 saturated carbocycles. The molecule has 1 aliphatic carbocycles. The Labute approximate surface area is 120 Å². The lowest BCUT2D eigenvalue weighted by Gasteiger charge is -2.18. The maximum atomic E-state index is 12.2. The van der Waals surface area contributed by atoms with Gasteiger partial charge < -0.3 is 10.0 Å². The van der Waals surface area contributed by atoms with Crippen molar-refractivity contribution in [2.75, 3.05) is 13.7 Å². The van der Waals surface area contributed by atoms with Gasteiger partial charge in [0, 0.05) is 25.1 Å². The summed E-state index contributed by atoms with van der Waals surface area (Å²) in [6.45, 7) is 4.72. The van der Waals surface area contributed by atoms with E-state index in [1.165, 1.54) is 0 Å². The molecular formula is C17H21NO2. The molecule has 1 aliphatic rings. The molecule has 1 amide bonds. The molecule has 2 rings (SSSR count). The predicted molar refractivity (Wildman–Crippen MR) is 78.8 cm³/mol. The molecule has 3 nitrogen and oxygen atoms in total. The lowest BCUT2D eigenvalue weighted by atomic mass is 10.1. The van der Waals surface area contributed by atoms with E-state index in [0.29, 0.717) is 6.54 Å². The van der Waals surface area contributed by atoms with Crippen LogP contribution in [0.2, 0.25) is 0 Å². The van der Waals surface area contributed by atoms with E-state index < -0.39 is 0 Å². The minimum Gasteiger partial charge on any atom is -0.384 e. The number of carbonyl (C=O) groups is 1. The Hall–Kier alpha value is -1.79. The third-order valence-corrected chi connectivity index (χ3v) is 3.85. The first-order valence-electron chi connectivity index (χ1n) is 6.88. The summed E-state index contributed by atoms with van der Waals surface area (Å²) in [6, 6.07) is 7.78. The van der Waals surface area contributed by atoms with Crippen molar-refractivity contribution in [3.05, 3.63) is 35.4 Å². The Morgan fingerprint density at radius 1 is 1.50 bits per heavy atom. The summed E-state index contributed by atoms with van der Waals surface area (Å²) in [5, 5.41) is 8.71. The van der Waals surface area contributed by atoms with E-state index in [9.17, 15) is 4.79 Å². The number of carbonyl (C=O) groups excluding carboxylic acids is 1. The van der Waals surface area contributed by atoms with Gasteiger partial charge in [-0.05, 0) is 29.5 Å². The third kappa shape index (κ3) is 3.40. The van der Waals surface area contributed by atoms with E-state index in [0.717, 1.165) is 17.5 Å². The van der Waals surface area contributed by atoms with E-state index in [1.54, 1.807) is 4.90 Å². The lowest BCUT2D eigenvalue weighted by Crippen LogP contribution is -2.28. The average Bonchev–Trinajstić information content (AvgIpc) is 3.05. The van der Waals surface area contributed by atoms with Crippen LogP contribution in [0.15, 0.2) is 24.3 Å². The van der Waals surface area contributed by atoms with Crippen molar-refractivity contribution in [2.24, 2.45) is 11.3 Å². The van der Waals surface area contributed by atoms with Crippen LogP contribution >= 0.6 is 0 Å². The van der Waals surface area contributed by atoms with Crippen molar-refractivity contribution < 1.29 is 9.90 Å². The van der Waals surface area contributed by atoms with Crippen molar-refractivity contribution in [2.45, 2.75) is 26.8 Å². The highest BCUT2D eigenvalue weighted by molar-refractivity contribution is 5.82. The van der Waals surface area contributed by atoms with Crippen LogP contribution in [-0.4, -0.2) is 29.6 Å². The fraction of sp³-hybridized carbons (Fsp3) is 0.471. The van der Waals surface area contributed by atoms with E-state index in [4.69, 9.17) is 5.11 Å². The third-order valence-electron chi connectivity index (χ3n) is 3.85. The normalized spacial score (nSPS) is 18.9. The van der Waals surface area contributed by atoms with Gasteiger partial charge >= 0.3 is 0 Å². The van der Waals surface area contributed by atoms with Crippen molar-refractivity contribution in [3.63, 3.8) is 0 Å². The minimum absolute atomic E-state index is 0.140. The number of aliphatic hydroxyl groups is 1. The second-order valence-corrected chi connectivity index (χ2v) is 6.10. The molecule has 0 aliphatic heterocycles. The molecule has 3 heteroatoms. The predicted octanol–water partition coefficient (Wildman–Crippen LogP) is 2.03. The van der Waals surface area contributed by atoms with E-state index >= 15 is 0 Å². The standard InChI is InChI=1S/C17H21NO2/c1-17(2)11-15(17)16(20)18(3)12-14-7-4-6-13(10-14)8-5-9-19/h4,6-7,10,15,19H,9,11-12H2,1-3H3. The highest BCUT2D eigenvalue weighted by Crippen LogP contribution is 2.52. The van der Waals surface area contributed by atoms with Crippen LogP contribution in [0.5, 0.6) is 0 Å². The molecule has 1 N–H and O–H groups in total. The summed E-state index contributed by atoms with van der Waals surface area (Å²) in [5.41, 5.74) is 2.09. The van der Waals surface area contributed by atoms with Gasteiger partial charge in [-0.2, -0.15) is 0 Å². The van der Waals surface area contributed by atoms with Gasteiger partial charge in [-0.3, -0.25) is 4.79 Å². The van der Waals surface area contributed by atoms with Crippen LogP contribution in [0.3, 0.4) is 0 Å². The van der Waals surface area contributed by atoms with Gasteiger partial charge in [0.15, 0.2) is 0 Å². The number of rotatable bonds is 3. The zero-order chi connectivity index (χ0) is 14.8. The zero-order valence-corrected chi connectivity index (χ0v) is 12.3. The minimum atomic E-state index is -0.140. The van der Waals surface area contributed by atoms with Gasteiger partial charge in [-0.1, -0.05) is 37.8 Å². The molecule has 1 fully saturated rings. The molecule has 0 saturated heterocycles. The Balaban J connectivity index is 2.01. The summed E-state index contributed by atoms with van der Waals surface area (Å²) in [5.74, 6) is 5.91. The van der Waals surface area contributed by atoms with Gasteiger partial charge in [0.05, 0.1) is 0 Å². The highest BCUT2D eigenvalue weighted by Gasteiger charge is 2.51. The van der Waals surface area contributed by atoms with Crippen LogP contribution in [0.1, 0.15) is 31.4 Å². The maximum Gasteiger partial charge on any atom is 0.226 e. The average molecular weight is 271 g/mol. The number of hydrogen-bond acceptors (Lipinski definition) is 2. The quantitative estimate of drug-likeness (QED) is 0.855. The van der Waals surface area contributed by atoms with Crippen LogP contribution in [0.25, 0.3) is 0 Å². The second kappa shape index (κ2) is 5.68. The van der Waals surface area contributed by atoms with E-state index in [-0.39, 0.29) is 23.8 Å². The summed E-state index contributed by atoms with van der Waals surface area (Å²) in [7, 11) is 1.85. The van der Waals surface area contributed by atoms with Gasteiger partial charge in [0.25, 0.3) is 0 Å². The Kier molecular flexibility index (Phi) is 4.15. The van der Waals surface area contributed by atoms with Gasteiger partial charge in [0.1, 0.15) is 6.61 Å². The molecule has 1 atom stereocenters. The lowest BCUT2D eigenvalue weighted by molar-refractivity contribution is -0.132. The van der Waals surface area contributed by atoms with Gasteiger partial charge in [-0.15, -0.1) is 0 Å². The Bertz CT molecular complexity index is 566. The summed E-state index contributed by atoms with van der Waals surface area (Å²) in [4.78, 5) is 14.0. The Morgan fingerprint density at radius 2 is 2.20 bits per heavy atom. The van der Waals surface area contributed by atoms with E-state index in [2.05, 4.69) is 25.7 Å². The van der Waals surface area contributed by atoms with Gasteiger partial charge in [-0.25, -0.2) is 0 Å². The summed E-state index contributed by atoms with van der Waals surface area (Å²) >= 11 is 0. The number of benzene rings is 1. The highest BCUT2D eigenvalue weighted by atomic mass is 16.2. The first-order chi connectivity index (χ1) is 9.44. The summed E-state index contributed by atoms with van der Waals surface area (Å²) in [6.07, 6.45) is 0.984. The number of hydrogen-bond donors (Lipinski definition) is 1. The molecule has 0 radical (unpaired) electrons.